The Kier molecular flexibility index (Phi) is 5.39. The van der Waals surface area contributed by atoms with E-state index in [1.165, 1.54) is 0 Å². The van der Waals surface area contributed by atoms with E-state index in [9.17, 15) is 4.79 Å². The number of hydrogen-bond donors (Lipinski definition) is 1. The van der Waals surface area contributed by atoms with Crippen molar-refractivity contribution in [3.63, 3.8) is 0 Å². The maximum atomic E-state index is 12.7. The number of piperidine rings is 1. The van der Waals surface area contributed by atoms with E-state index in [1.54, 1.807) is 0 Å². The van der Waals surface area contributed by atoms with Crippen molar-refractivity contribution in [1.29, 1.82) is 0 Å². The fraction of sp³-hybridized carbons (Fsp3) is 0.611. The van der Waals surface area contributed by atoms with Crippen LogP contribution in [0.25, 0.3) is 0 Å². The predicted molar refractivity (Wildman–Crippen MR) is 89.2 cm³/mol. The molecule has 0 saturated carbocycles. The number of fused-ring (bicyclic) bond motifs is 1. The normalized spacial score (nSPS) is 18.6. The summed E-state index contributed by atoms with van der Waals surface area (Å²) < 4.78 is 11.3. The van der Waals surface area contributed by atoms with Gasteiger partial charge in [-0.15, -0.1) is 0 Å². The van der Waals surface area contributed by atoms with Gasteiger partial charge in [-0.1, -0.05) is 6.92 Å². The maximum absolute atomic E-state index is 12.7. The standard InChI is InChI=1S/C18H26N2O3/c1-2-19-13-14-6-8-20(9-7-14)18(21)15-4-5-16-17(12-15)23-11-3-10-22-16/h4-5,12,14,19H,2-3,6-11,13H2,1H3. The molecule has 0 aromatic heterocycles. The van der Waals surface area contributed by atoms with Crippen LogP contribution < -0.4 is 14.8 Å². The Morgan fingerprint density at radius 1 is 1.22 bits per heavy atom. The molecule has 126 valence electrons. The van der Waals surface area contributed by atoms with Gasteiger partial charge in [-0.3, -0.25) is 4.79 Å². The lowest BCUT2D eigenvalue weighted by Gasteiger charge is -2.32. The van der Waals surface area contributed by atoms with Crippen molar-refractivity contribution in [1.82, 2.24) is 10.2 Å². The molecule has 0 atom stereocenters. The van der Waals surface area contributed by atoms with Gasteiger partial charge in [-0.25, -0.2) is 0 Å². The first-order valence-electron chi connectivity index (χ1n) is 8.67. The number of rotatable bonds is 4. The topological polar surface area (TPSA) is 50.8 Å². The Balaban J connectivity index is 1.61. The Morgan fingerprint density at radius 2 is 1.96 bits per heavy atom. The van der Waals surface area contributed by atoms with E-state index in [1.807, 2.05) is 23.1 Å². The van der Waals surface area contributed by atoms with Gasteiger partial charge in [0.2, 0.25) is 0 Å². The van der Waals surface area contributed by atoms with Crippen LogP contribution in [0.2, 0.25) is 0 Å². The molecule has 3 rings (SSSR count). The number of nitrogens with one attached hydrogen (secondary N) is 1. The molecule has 0 radical (unpaired) electrons. The van der Waals surface area contributed by atoms with E-state index in [0.717, 1.165) is 51.2 Å². The summed E-state index contributed by atoms with van der Waals surface area (Å²) in [6.45, 7) is 7.18. The van der Waals surface area contributed by atoms with Crippen molar-refractivity contribution in [3.8, 4) is 11.5 Å². The molecular formula is C18H26N2O3. The van der Waals surface area contributed by atoms with Gasteiger partial charge < -0.3 is 19.7 Å². The van der Waals surface area contributed by atoms with Gasteiger partial charge in [0.25, 0.3) is 5.91 Å². The summed E-state index contributed by atoms with van der Waals surface area (Å²) >= 11 is 0. The van der Waals surface area contributed by atoms with Crippen LogP contribution in [-0.2, 0) is 0 Å². The zero-order chi connectivity index (χ0) is 16.1. The molecule has 1 amide bonds. The lowest BCUT2D eigenvalue weighted by atomic mass is 9.96. The van der Waals surface area contributed by atoms with Crippen molar-refractivity contribution in [2.45, 2.75) is 26.2 Å². The molecule has 1 aromatic rings. The van der Waals surface area contributed by atoms with E-state index >= 15 is 0 Å². The molecule has 0 unspecified atom stereocenters. The highest BCUT2D eigenvalue weighted by atomic mass is 16.5. The molecule has 1 saturated heterocycles. The van der Waals surface area contributed by atoms with Crippen LogP contribution in [-0.4, -0.2) is 50.2 Å². The van der Waals surface area contributed by atoms with Gasteiger partial charge in [0.05, 0.1) is 13.2 Å². The number of nitrogens with zero attached hydrogens (tertiary/aromatic N) is 1. The first-order chi connectivity index (χ1) is 11.3. The minimum absolute atomic E-state index is 0.0996. The van der Waals surface area contributed by atoms with Gasteiger partial charge in [-0.2, -0.15) is 0 Å². The van der Waals surface area contributed by atoms with Crippen molar-refractivity contribution in [2.24, 2.45) is 5.92 Å². The molecule has 2 heterocycles. The van der Waals surface area contributed by atoms with Crippen LogP contribution in [0.5, 0.6) is 11.5 Å². The fourth-order valence-electron chi connectivity index (χ4n) is 3.17. The molecule has 5 nitrogen and oxygen atoms in total. The average Bonchev–Trinajstić information content (AvgIpc) is 2.84. The molecule has 0 spiro atoms. The summed E-state index contributed by atoms with van der Waals surface area (Å²) in [5.41, 5.74) is 0.694. The van der Waals surface area contributed by atoms with Crippen molar-refractivity contribution < 1.29 is 14.3 Å². The lowest BCUT2D eigenvalue weighted by molar-refractivity contribution is 0.0690. The van der Waals surface area contributed by atoms with E-state index in [0.29, 0.717) is 30.4 Å². The van der Waals surface area contributed by atoms with E-state index in [-0.39, 0.29) is 5.91 Å². The summed E-state index contributed by atoms with van der Waals surface area (Å²) in [6.07, 6.45) is 3.02. The summed E-state index contributed by atoms with van der Waals surface area (Å²) in [5, 5.41) is 3.40. The van der Waals surface area contributed by atoms with E-state index in [2.05, 4.69) is 12.2 Å². The summed E-state index contributed by atoms with van der Waals surface area (Å²) in [5.74, 6) is 2.21. The summed E-state index contributed by atoms with van der Waals surface area (Å²) in [6, 6.07) is 5.53. The first-order valence-corrected chi connectivity index (χ1v) is 8.67. The Labute approximate surface area is 137 Å². The van der Waals surface area contributed by atoms with Crippen LogP contribution in [0.3, 0.4) is 0 Å². The van der Waals surface area contributed by atoms with Crippen molar-refractivity contribution in [2.75, 3.05) is 39.4 Å². The third-order valence-corrected chi connectivity index (χ3v) is 4.58. The summed E-state index contributed by atoms with van der Waals surface area (Å²) in [7, 11) is 0. The molecule has 0 aliphatic carbocycles. The molecule has 1 fully saturated rings. The minimum Gasteiger partial charge on any atom is -0.490 e. The van der Waals surface area contributed by atoms with E-state index in [4.69, 9.17) is 9.47 Å². The smallest absolute Gasteiger partial charge is 0.253 e. The minimum atomic E-state index is 0.0996. The van der Waals surface area contributed by atoms with Gasteiger partial charge in [0, 0.05) is 25.1 Å². The molecule has 2 aliphatic rings. The van der Waals surface area contributed by atoms with Crippen molar-refractivity contribution >= 4 is 5.91 Å². The Hall–Kier alpha value is -1.75. The lowest BCUT2D eigenvalue weighted by Crippen LogP contribution is -2.40. The summed E-state index contributed by atoms with van der Waals surface area (Å²) in [4.78, 5) is 14.7. The first kappa shape index (κ1) is 16.1. The number of amides is 1. The van der Waals surface area contributed by atoms with Crippen LogP contribution in [0, 0.1) is 5.92 Å². The Morgan fingerprint density at radius 3 is 2.70 bits per heavy atom. The number of ether oxygens (including phenoxy) is 2. The van der Waals surface area contributed by atoms with Gasteiger partial charge >= 0.3 is 0 Å². The predicted octanol–water partition coefficient (Wildman–Crippen LogP) is 2.31. The second kappa shape index (κ2) is 7.68. The quantitative estimate of drug-likeness (QED) is 0.925. The van der Waals surface area contributed by atoms with Crippen LogP contribution in [0.15, 0.2) is 18.2 Å². The van der Waals surface area contributed by atoms with Crippen LogP contribution >= 0.6 is 0 Å². The zero-order valence-electron chi connectivity index (χ0n) is 13.8. The Bertz CT molecular complexity index is 539. The molecule has 23 heavy (non-hydrogen) atoms. The molecule has 1 aromatic carbocycles. The van der Waals surface area contributed by atoms with Gasteiger partial charge in [-0.05, 0) is 50.0 Å². The number of carbonyl (C=O) groups excluding carboxylic acids is 1. The van der Waals surface area contributed by atoms with Crippen LogP contribution in [0.4, 0.5) is 0 Å². The molecule has 2 aliphatic heterocycles. The third kappa shape index (κ3) is 3.96. The zero-order valence-corrected chi connectivity index (χ0v) is 13.8. The van der Waals surface area contributed by atoms with Crippen LogP contribution in [0.1, 0.15) is 36.5 Å². The highest BCUT2D eigenvalue weighted by molar-refractivity contribution is 5.95. The monoisotopic (exact) mass is 318 g/mol. The second-order valence-electron chi connectivity index (χ2n) is 6.26. The van der Waals surface area contributed by atoms with Crippen molar-refractivity contribution in [3.05, 3.63) is 23.8 Å². The second-order valence-corrected chi connectivity index (χ2v) is 6.26. The highest BCUT2D eigenvalue weighted by Crippen LogP contribution is 2.31. The number of benzene rings is 1. The fourth-order valence-corrected chi connectivity index (χ4v) is 3.17. The van der Waals surface area contributed by atoms with E-state index < -0.39 is 0 Å². The average molecular weight is 318 g/mol. The van der Waals surface area contributed by atoms with Gasteiger partial charge in [0.15, 0.2) is 11.5 Å². The largest absolute Gasteiger partial charge is 0.490 e. The number of hydrogen-bond acceptors (Lipinski definition) is 4. The SMILES string of the molecule is CCNCC1CCN(C(=O)c2ccc3c(c2)OCCCO3)CC1. The highest BCUT2D eigenvalue weighted by Gasteiger charge is 2.24. The number of carbonyl (C=O) groups is 1. The molecule has 5 heteroatoms. The molecule has 1 N–H and O–H groups in total. The third-order valence-electron chi connectivity index (χ3n) is 4.58. The molecule has 0 bridgehead atoms. The van der Waals surface area contributed by atoms with Gasteiger partial charge in [0.1, 0.15) is 0 Å². The molecular weight excluding hydrogens is 292 g/mol. The maximum Gasteiger partial charge on any atom is 0.253 e. The number of likely N-dealkylation sites (tertiary alicyclic amines) is 1.